The number of rotatable bonds is 5. The van der Waals surface area contributed by atoms with Crippen LogP contribution in [0.1, 0.15) is 10.4 Å². The molecule has 31 heavy (non-hydrogen) atoms. The van der Waals surface area contributed by atoms with Gasteiger partial charge in [-0.05, 0) is 36.4 Å². The summed E-state index contributed by atoms with van der Waals surface area (Å²) in [5, 5.41) is 41.6. The van der Waals surface area contributed by atoms with E-state index in [1.165, 1.54) is 7.05 Å². The van der Waals surface area contributed by atoms with Crippen molar-refractivity contribution in [3.05, 3.63) is 48.0 Å². The third-order valence-corrected chi connectivity index (χ3v) is 5.09. The Labute approximate surface area is 176 Å². The smallest absolute Gasteiger partial charge is 0.253 e. The predicted octanol–water partition coefficient (Wildman–Crippen LogP) is 0.0331. The number of benzene rings is 2. The summed E-state index contributed by atoms with van der Waals surface area (Å²) in [5.41, 5.74) is 1.94. The molecule has 5 atom stereocenters. The molecule has 0 aliphatic carbocycles. The van der Waals surface area contributed by atoms with Gasteiger partial charge in [-0.25, -0.2) is 4.98 Å². The van der Waals surface area contributed by atoms with Crippen molar-refractivity contribution in [1.29, 1.82) is 0 Å². The van der Waals surface area contributed by atoms with Gasteiger partial charge < -0.3 is 39.6 Å². The molecule has 1 fully saturated rings. The zero-order valence-electron chi connectivity index (χ0n) is 16.5. The van der Waals surface area contributed by atoms with Crippen LogP contribution >= 0.6 is 0 Å². The minimum Gasteiger partial charge on any atom is -0.462 e. The maximum atomic E-state index is 12.0. The molecule has 2 aromatic carbocycles. The van der Waals surface area contributed by atoms with Crippen LogP contribution in [0.2, 0.25) is 0 Å². The molecule has 4 rings (SSSR count). The highest BCUT2D eigenvalue weighted by Crippen LogP contribution is 2.29. The number of amides is 1. The third-order valence-electron chi connectivity index (χ3n) is 5.09. The molecule has 0 saturated carbocycles. The minimum absolute atomic E-state index is 0.270. The van der Waals surface area contributed by atoms with E-state index < -0.39 is 37.3 Å². The SMILES string of the molecule is CNC(=O)c1cccc2oc(-c3ccc(OC4OC(CO)C(O)C(O)C4O)cc3)nc12. The molecule has 1 saturated heterocycles. The number of ether oxygens (including phenoxy) is 2. The number of nitrogens with one attached hydrogen (secondary N) is 1. The Morgan fingerprint density at radius 1 is 1.10 bits per heavy atom. The van der Waals surface area contributed by atoms with E-state index in [1.54, 1.807) is 42.5 Å². The Balaban J connectivity index is 1.54. The lowest BCUT2D eigenvalue weighted by Gasteiger charge is -2.39. The van der Waals surface area contributed by atoms with Crippen molar-refractivity contribution in [1.82, 2.24) is 10.3 Å². The Kier molecular flexibility index (Phi) is 5.90. The number of aliphatic hydroxyl groups excluding tert-OH is 4. The Hall–Kier alpha value is -3.02. The van der Waals surface area contributed by atoms with Gasteiger partial charge in [-0.1, -0.05) is 6.07 Å². The predicted molar refractivity (Wildman–Crippen MR) is 107 cm³/mol. The summed E-state index contributed by atoms with van der Waals surface area (Å²) >= 11 is 0. The van der Waals surface area contributed by atoms with E-state index in [0.717, 1.165) is 0 Å². The van der Waals surface area contributed by atoms with Crippen LogP contribution in [-0.4, -0.2) is 75.7 Å². The van der Waals surface area contributed by atoms with E-state index in [-0.39, 0.29) is 5.91 Å². The second-order valence-corrected chi connectivity index (χ2v) is 7.09. The van der Waals surface area contributed by atoms with Crippen LogP contribution in [0.4, 0.5) is 0 Å². The van der Waals surface area contributed by atoms with Gasteiger partial charge in [-0.3, -0.25) is 4.79 Å². The van der Waals surface area contributed by atoms with E-state index in [2.05, 4.69) is 10.3 Å². The molecule has 5 unspecified atom stereocenters. The number of aromatic nitrogens is 1. The van der Waals surface area contributed by atoms with Crippen molar-refractivity contribution in [2.24, 2.45) is 0 Å². The van der Waals surface area contributed by atoms with Gasteiger partial charge in [0.25, 0.3) is 5.91 Å². The normalized spacial score (nSPS) is 26.0. The molecule has 0 bridgehead atoms. The molecule has 0 radical (unpaired) electrons. The average Bonchev–Trinajstić information content (AvgIpc) is 3.23. The monoisotopic (exact) mass is 430 g/mol. The Morgan fingerprint density at radius 3 is 2.52 bits per heavy atom. The lowest BCUT2D eigenvalue weighted by molar-refractivity contribution is -0.277. The van der Waals surface area contributed by atoms with Gasteiger partial charge in [0.1, 0.15) is 35.7 Å². The molecule has 10 nitrogen and oxygen atoms in total. The molecule has 5 N–H and O–H groups in total. The molecular formula is C21H22N2O8. The summed E-state index contributed by atoms with van der Waals surface area (Å²) in [4.78, 5) is 16.5. The summed E-state index contributed by atoms with van der Waals surface area (Å²) in [5.74, 6) is 0.356. The molecule has 1 aromatic heterocycles. The molecule has 2 heterocycles. The fourth-order valence-electron chi connectivity index (χ4n) is 3.36. The highest BCUT2D eigenvalue weighted by Gasteiger charge is 2.44. The number of hydrogen-bond acceptors (Lipinski definition) is 9. The van der Waals surface area contributed by atoms with E-state index in [9.17, 15) is 25.2 Å². The van der Waals surface area contributed by atoms with Gasteiger partial charge in [-0.15, -0.1) is 0 Å². The van der Waals surface area contributed by atoms with Gasteiger partial charge in [-0.2, -0.15) is 0 Å². The second-order valence-electron chi connectivity index (χ2n) is 7.09. The molecule has 1 aliphatic rings. The lowest BCUT2D eigenvalue weighted by Crippen LogP contribution is -2.60. The number of aliphatic hydroxyl groups is 4. The Bertz CT molecular complexity index is 1060. The first-order valence-corrected chi connectivity index (χ1v) is 9.62. The van der Waals surface area contributed by atoms with Crippen molar-refractivity contribution in [3.8, 4) is 17.2 Å². The standard InChI is InChI=1S/C21H22N2O8/c1-22-19(28)12-3-2-4-13-15(12)23-20(30-13)10-5-7-11(8-6-10)29-21-18(27)17(26)16(25)14(9-24)31-21/h2-8,14,16-18,21,24-27H,9H2,1H3,(H,22,28). The zero-order valence-corrected chi connectivity index (χ0v) is 16.5. The summed E-state index contributed by atoms with van der Waals surface area (Å²) < 4.78 is 16.7. The summed E-state index contributed by atoms with van der Waals surface area (Å²) in [6.07, 6.45) is -6.82. The van der Waals surface area contributed by atoms with Crippen LogP contribution in [0.25, 0.3) is 22.6 Å². The molecule has 1 amide bonds. The topological polar surface area (TPSA) is 155 Å². The first-order valence-electron chi connectivity index (χ1n) is 9.62. The third kappa shape index (κ3) is 3.99. The summed E-state index contributed by atoms with van der Waals surface area (Å²) in [6, 6.07) is 11.6. The van der Waals surface area contributed by atoms with Crippen LogP contribution in [-0.2, 0) is 4.74 Å². The lowest BCUT2D eigenvalue weighted by atomic mass is 9.99. The van der Waals surface area contributed by atoms with Crippen LogP contribution < -0.4 is 10.1 Å². The Morgan fingerprint density at radius 2 is 1.84 bits per heavy atom. The maximum absolute atomic E-state index is 12.0. The van der Waals surface area contributed by atoms with Crippen molar-refractivity contribution in [2.45, 2.75) is 30.7 Å². The first kappa shape index (κ1) is 21.2. The van der Waals surface area contributed by atoms with Gasteiger partial charge in [0.05, 0.1) is 12.2 Å². The highest BCUT2D eigenvalue weighted by molar-refractivity contribution is 6.04. The first-order chi connectivity index (χ1) is 14.9. The number of oxazole rings is 1. The van der Waals surface area contributed by atoms with Crippen molar-refractivity contribution in [2.75, 3.05) is 13.7 Å². The van der Waals surface area contributed by atoms with Crippen LogP contribution in [0, 0.1) is 0 Å². The average molecular weight is 430 g/mol. The number of para-hydroxylation sites is 1. The molecular weight excluding hydrogens is 408 g/mol. The number of carbonyl (C=O) groups excluding carboxylic acids is 1. The van der Waals surface area contributed by atoms with Gasteiger partial charge in [0.15, 0.2) is 5.58 Å². The van der Waals surface area contributed by atoms with Crippen LogP contribution in [0.15, 0.2) is 46.9 Å². The molecule has 3 aromatic rings. The zero-order chi connectivity index (χ0) is 22.1. The van der Waals surface area contributed by atoms with Crippen molar-refractivity contribution >= 4 is 17.0 Å². The molecule has 1 aliphatic heterocycles. The van der Waals surface area contributed by atoms with E-state index >= 15 is 0 Å². The number of hydrogen-bond donors (Lipinski definition) is 5. The number of nitrogens with zero attached hydrogens (tertiary/aromatic N) is 1. The number of carbonyl (C=O) groups is 1. The summed E-state index contributed by atoms with van der Waals surface area (Å²) in [7, 11) is 1.54. The van der Waals surface area contributed by atoms with Gasteiger partial charge in [0.2, 0.25) is 12.2 Å². The largest absolute Gasteiger partial charge is 0.462 e. The van der Waals surface area contributed by atoms with E-state index in [1.807, 2.05) is 0 Å². The number of fused-ring (bicyclic) bond motifs is 1. The van der Waals surface area contributed by atoms with E-state index in [0.29, 0.717) is 33.9 Å². The van der Waals surface area contributed by atoms with Gasteiger partial charge >= 0.3 is 0 Å². The minimum atomic E-state index is -1.52. The van der Waals surface area contributed by atoms with Crippen LogP contribution in [0.3, 0.4) is 0 Å². The van der Waals surface area contributed by atoms with Gasteiger partial charge in [0, 0.05) is 12.6 Å². The fourth-order valence-corrected chi connectivity index (χ4v) is 3.36. The second kappa shape index (κ2) is 8.61. The van der Waals surface area contributed by atoms with E-state index in [4.69, 9.17) is 13.9 Å². The molecule has 10 heteroatoms. The van der Waals surface area contributed by atoms with Crippen LogP contribution in [0.5, 0.6) is 5.75 Å². The molecule has 0 spiro atoms. The molecule has 164 valence electrons. The van der Waals surface area contributed by atoms with Crippen molar-refractivity contribution < 1.29 is 39.1 Å². The fraction of sp³-hybridized carbons (Fsp3) is 0.333. The summed E-state index contributed by atoms with van der Waals surface area (Å²) in [6.45, 7) is -0.542. The van der Waals surface area contributed by atoms with Crippen molar-refractivity contribution in [3.63, 3.8) is 0 Å². The maximum Gasteiger partial charge on any atom is 0.253 e. The quantitative estimate of drug-likeness (QED) is 0.377. The highest BCUT2D eigenvalue weighted by atomic mass is 16.7.